The molecule has 1 amide bonds. The van der Waals surface area contributed by atoms with Gasteiger partial charge in [-0.15, -0.1) is 0 Å². The summed E-state index contributed by atoms with van der Waals surface area (Å²) in [5, 5.41) is 3.15. The van der Waals surface area contributed by atoms with Crippen LogP contribution >= 0.6 is 11.6 Å². The fourth-order valence-electron chi connectivity index (χ4n) is 6.05. The average Bonchev–Trinajstić information content (AvgIpc) is 3.37. The largest absolute Gasteiger partial charge is 0.497 e. The van der Waals surface area contributed by atoms with Gasteiger partial charge in [-0.1, -0.05) is 23.7 Å². The number of aryl methyl sites for hydroxylation is 1. The summed E-state index contributed by atoms with van der Waals surface area (Å²) in [6.07, 6.45) is 0.662. The highest BCUT2D eigenvalue weighted by Crippen LogP contribution is 2.35. The molecule has 256 valence electrons. The number of carbonyl (C=O) groups excluding carboxylic acids is 2. The fourth-order valence-corrected chi connectivity index (χ4v) is 6.23. The lowest BCUT2D eigenvalue weighted by atomic mass is 10.1. The molecule has 5 rings (SSSR count). The number of hydrogen-bond acceptors (Lipinski definition) is 8. The van der Waals surface area contributed by atoms with Crippen molar-refractivity contribution in [3.63, 3.8) is 0 Å². The molecular formula is C34H39ClFN5O7. The summed E-state index contributed by atoms with van der Waals surface area (Å²) in [7, 11) is 4.23. The van der Waals surface area contributed by atoms with Crippen LogP contribution in [-0.4, -0.2) is 64.7 Å². The monoisotopic (exact) mass is 683 g/mol. The van der Waals surface area contributed by atoms with Crippen LogP contribution in [0.3, 0.4) is 0 Å². The lowest BCUT2D eigenvalue weighted by Crippen LogP contribution is -2.49. The van der Waals surface area contributed by atoms with Crippen LogP contribution in [0.15, 0.2) is 52.1 Å². The molecule has 48 heavy (non-hydrogen) atoms. The lowest BCUT2D eigenvalue weighted by molar-refractivity contribution is 0.0498. The van der Waals surface area contributed by atoms with E-state index in [-0.39, 0.29) is 53.1 Å². The highest BCUT2D eigenvalue weighted by molar-refractivity contribution is 6.31. The molecule has 2 aromatic heterocycles. The van der Waals surface area contributed by atoms with Crippen LogP contribution in [0.4, 0.5) is 15.0 Å². The number of alkyl carbamates (subject to hydrolysis) is 1. The average molecular weight is 684 g/mol. The third kappa shape index (κ3) is 7.05. The Hall–Kier alpha value is -4.78. The second-order valence-electron chi connectivity index (χ2n) is 12.7. The van der Waals surface area contributed by atoms with E-state index in [0.29, 0.717) is 36.3 Å². The first-order valence-electron chi connectivity index (χ1n) is 15.5. The number of nitrogens with zero attached hydrogens (tertiary/aromatic N) is 4. The zero-order valence-corrected chi connectivity index (χ0v) is 28.5. The van der Waals surface area contributed by atoms with Crippen LogP contribution in [-0.2, 0) is 29.6 Å². The molecule has 0 unspecified atom stereocenters. The molecule has 12 nitrogen and oxygen atoms in total. The topological polar surface area (TPSA) is 126 Å². The Morgan fingerprint density at radius 3 is 2.38 bits per heavy atom. The van der Waals surface area contributed by atoms with Gasteiger partial charge in [-0.25, -0.2) is 18.8 Å². The Balaban J connectivity index is 1.74. The molecule has 2 aromatic carbocycles. The quantitative estimate of drug-likeness (QED) is 0.266. The molecule has 0 aliphatic carbocycles. The number of anilines is 1. The maximum absolute atomic E-state index is 14.5. The van der Waals surface area contributed by atoms with Gasteiger partial charge in [-0.3, -0.25) is 13.9 Å². The van der Waals surface area contributed by atoms with Crippen LogP contribution in [0.2, 0.25) is 5.02 Å². The van der Waals surface area contributed by atoms with Crippen molar-refractivity contribution in [2.75, 3.05) is 32.2 Å². The molecule has 1 atom stereocenters. The van der Waals surface area contributed by atoms with E-state index in [1.54, 1.807) is 49.6 Å². The molecule has 1 fully saturated rings. The number of hydrogen-bond donors (Lipinski definition) is 1. The van der Waals surface area contributed by atoms with E-state index in [2.05, 4.69) is 5.32 Å². The molecular weight excluding hydrogens is 645 g/mol. The highest BCUT2D eigenvalue weighted by Gasteiger charge is 2.35. The molecule has 4 aromatic rings. The van der Waals surface area contributed by atoms with Gasteiger partial charge in [-0.05, 0) is 75.1 Å². The van der Waals surface area contributed by atoms with Crippen molar-refractivity contribution < 1.29 is 28.2 Å². The number of carbonyl (C=O) groups is 2. The maximum Gasteiger partial charge on any atom is 0.407 e. The predicted octanol–water partition coefficient (Wildman–Crippen LogP) is 4.68. The Morgan fingerprint density at radius 1 is 1.02 bits per heavy atom. The number of piperidine rings is 1. The number of methoxy groups -OCH3 is 2. The first-order valence-corrected chi connectivity index (χ1v) is 15.9. The van der Waals surface area contributed by atoms with Crippen molar-refractivity contribution in [2.24, 2.45) is 7.05 Å². The summed E-state index contributed by atoms with van der Waals surface area (Å²) in [6, 6.07) is 10.5. The number of halogens is 2. The lowest BCUT2D eigenvalue weighted by Gasteiger charge is -2.36. The van der Waals surface area contributed by atoms with Crippen LogP contribution in [0.5, 0.6) is 5.75 Å². The van der Waals surface area contributed by atoms with E-state index in [0.717, 1.165) is 4.57 Å². The van der Waals surface area contributed by atoms with E-state index in [4.69, 9.17) is 25.8 Å². The van der Waals surface area contributed by atoms with Crippen molar-refractivity contribution in [3.8, 4) is 5.75 Å². The number of benzene rings is 2. The van der Waals surface area contributed by atoms with Crippen molar-refractivity contribution in [1.82, 2.24) is 19.0 Å². The first-order chi connectivity index (χ1) is 22.7. The van der Waals surface area contributed by atoms with Crippen molar-refractivity contribution in [1.29, 1.82) is 0 Å². The van der Waals surface area contributed by atoms with E-state index in [9.17, 15) is 23.6 Å². The molecule has 1 N–H and O–H groups in total. The number of fused-ring (bicyclic) bond motifs is 1. The zero-order chi connectivity index (χ0) is 34.9. The SMILES string of the molecule is COC(=O)c1c(N2CCC[C@@H](NC(=O)OC(C)(C)C)C2)n(Cc2cc(F)ccc2Cl)c2c(=O)n(Cc3ccc(OC)cc3)c(=O)n(C)c12. The summed E-state index contributed by atoms with van der Waals surface area (Å²) >= 11 is 6.53. The molecule has 1 saturated heterocycles. The number of aromatic nitrogens is 3. The minimum Gasteiger partial charge on any atom is -0.497 e. The number of rotatable bonds is 8. The Morgan fingerprint density at radius 2 is 1.73 bits per heavy atom. The Kier molecular flexibility index (Phi) is 9.90. The van der Waals surface area contributed by atoms with Crippen molar-refractivity contribution in [3.05, 3.63) is 90.8 Å². The molecule has 3 heterocycles. The summed E-state index contributed by atoms with van der Waals surface area (Å²) in [5.41, 5.74) is -0.911. The van der Waals surface area contributed by atoms with Crippen molar-refractivity contribution in [2.45, 2.75) is 58.3 Å². The van der Waals surface area contributed by atoms with Gasteiger partial charge < -0.3 is 29.0 Å². The second kappa shape index (κ2) is 13.8. The Bertz CT molecular complexity index is 1980. The predicted molar refractivity (Wildman–Crippen MR) is 180 cm³/mol. The highest BCUT2D eigenvalue weighted by atomic mass is 35.5. The normalized spacial score (nSPS) is 15.0. The molecule has 1 aliphatic rings. The third-order valence-electron chi connectivity index (χ3n) is 8.18. The molecule has 0 bridgehead atoms. The van der Waals surface area contributed by atoms with Crippen molar-refractivity contribution >= 4 is 40.5 Å². The van der Waals surface area contributed by atoms with E-state index in [1.807, 2.05) is 4.90 Å². The Labute approximate surface area is 281 Å². The molecule has 0 radical (unpaired) electrons. The van der Waals surface area contributed by atoms with Gasteiger partial charge in [0.1, 0.15) is 34.1 Å². The fraction of sp³-hybridized carbons (Fsp3) is 0.412. The van der Waals surface area contributed by atoms with Crippen LogP contribution in [0.1, 0.15) is 55.1 Å². The number of amides is 1. The standard InChI is InChI=1S/C34H39ClFN5O7/c1-34(2,3)48-32(44)37-23-8-7-15-39(19-23)29-26(31(43)47-6)27-28(40(29)18-21-16-22(36)11-14-25(21)35)30(42)41(33(45)38(27)4)17-20-9-12-24(46-5)13-10-20/h9-14,16,23H,7-8,15,17-19H2,1-6H3,(H,37,44)/t23-/m1/s1. The van der Waals surface area contributed by atoms with Gasteiger partial charge in [0.05, 0.1) is 32.8 Å². The number of ether oxygens (including phenoxy) is 3. The summed E-state index contributed by atoms with van der Waals surface area (Å²) in [5.74, 6) is -0.418. The van der Waals surface area contributed by atoms with Gasteiger partial charge in [0, 0.05) is 31.2 Å². The third-order valence-corrected chi connectivity index (χ3v) is 8.55. The summed E-state index contributed by atoms with van der Waals surface area (Å²) in [4.78, 5) is 56.5. The molecule has 0 spiro atoms. The number of esters is 1. The smallest absolute Gasteiger partial charge is 0.407 e. The van der Waals surface area contributed by atoms with Crippen LogP contribution < -0.4 is 26.2 Å². The summed E-state index contributed by atoms with van der Waals surface area (Å²) in [6.45, 7) is 5.81. The van der Waals surface area contributed by atoms with Crippen LogP contribution in [0, 0.1) is 5.82 Å². The molecule has 0 saturated carbocycles. The number of nitrogens with one attached hydrogen (secondary N) is 1. The molecule has 1 aliphatic heterocycles. The van der Waals surface area contributed by atoms with Gasteiger partial charge in [0.15, 0.2) is 0 Å². The van der Waals surface area contributed by atoms with E-state index >= 15 is 0 Å². The van der Waals surface area contributed by atoms with Gasteiger partial charge in [-0.2, -0.15) is 0 Å². The molecule has 14 heteroatoms. The second-order valence-corrected chi connectivity index (χ2v) is 13.1. The zero-order valence-electron chi connectivity index (χ0n) is 27.8. The van der Waals surface area contributed by atoms with Gasteiger partial charge in [0.25, 0.3) is 5.56 Å². The summed E-state index contributed by atoms with van der Waals surface area (Å²) < 4.78 is 34.4. The van der Waals surface area contributed by atoms with Crippen LogP contribution in [0.25, 0.3) is 11.0 Å². The van der Waals surface area contributed by atoms with Gasteiger partial charge >= 0.3 is 17.8 Å². The maximum atomic E-state index is 14.5. The minimum atomic E-state index is -0.774. The van der Waals surface area contributed by atoms with Gasteiger partial charge in [0.2, 0.25) is 0 Å². The first kappa shape index (κ1) is 34.6. The van der Waals surface area contributed by atoms with E-state index < -0.39 is 34.7 Å². The van der Waals surface area contributed by atoms with E-state index in [1.165, 1.54) is 44.0 Å². The minimum absolute atomic E-state index is 0.00811.